The van der Waals surface area contributed by atoms with E-state index in [2.05, 4.69) is 18.7 Å². The van der Waals surface area contributed by atoms with Crippen LogP contribution in [0.5, 0.6) is 0 Å². The van der Waals surface area contributed by atoms with Crippen LogP contribution in [-0.4, -0.2) is 48.1 Å². The molecule has 106 valence electrons. The number of piperidine rings is 1. The third kappa shape index (κ3) is 6.10. The van der Waals surface area contributed by atoms with E-state index < -0.39 is 0 Å². The van der Waals surface area contributed by atoms with Gasteiger partial charge in [0.25, 0.3) is 0 Å². The molecule has 1 atom stereocenters. The first kappa shape index (κ1) is 15.8. The van der Waals surface area contributed by atoms with Crippen LogP contribution in [0.15, 0.2) is 0 Å². The maximum atomic E-state index is 11.3. The van der Waals surface area contributed by atoms with Crippen molar-refractivity contribution >= 4 is 17.7 Å². The highest BCUT2D eigenvalue weighted by Crippen LogP contribution is 2.21. The maximum absolute atomic E-state index is 11.3. The number of rotatable bonds is 7. The first-order chi connectivity index (χ1) is 8.63. The quantitative estimate of drug-likeness (QED) is 0.667. The van der Waals surface area contributed by atoms with Crippen molar-refractivity contribution in [1.82, 2.24) is 4.90 Å². The van der Waals surface area contributed by atoms with Gasteiger partial charge in [0.05, 0.1) is 7.11 Å². The molecule has 1 saturated heterocycles. The molecule has 1 aliphatic rings. The molecule has 0 amide bonds. The van der Waals surface area contributed by atoms with Gasteiger partial charge in [-0.25, -0.2) is 0 Å². The van der Waals surface area contributed by atoms with Crippen molar-refractivity contribution in [2.75, 3.05) is 26.0 Å². The molecule has 1 fully saturated rings. The Hall–Kier alpha value is -0.220. The summed E-state index contributed by atoms with van der Waals surface area (Å²) in [5.74, 6) is 1.06. The fourth-order valence-corrected chi connectivity index (χ4v) is 3.33. The Labute approximate surface area is 116 Å². The lowest BCUT2D eigenvalue weighted by atomic mass is 10.1. The summed E-state index contributed by atoms with van der Waals surface area (Å²) in [4.78, 5) is 13.9. The molecule has 0 saturated carbocycles. The fraction of sp³-hybridized carbons (Fsp3) is 0.929. The predicted octanol–water partition coefficient (Wildman–Crippen LogP) is 2.94. The van der Waals surface area contributed by atoms with Crippen molar-refractivity contribution in [3.63, 3.8) is 0 Å². The van der Waals surface area contributed by atoms with Gasteiger partial charge in [-0.2, -0.15) is 11.8 Å². The number of nitrogens with zero attached hydrogens (tertiary/aromatic N) is 1. The van der Waals surface area contributed by atoms with Crippen molar-refractivity contribution in [3.05, 3.63) is 0 Å². The van der Waals surface area contributed by atoms with Crippen LogP contribution in [0.3, 0.4) is 0 Å². The van der Waals surface area contributed by atoms with Gasteiger partial charge in [0.1, 0.15) is 0 Å². The number of thioether (sulfide) groups is 1. The predicted molar refractivity (Wildman–Crippen MR) is 78.1 cm³/mol. The average Bonchev–Trinajstić information content (AvgIpc) is 2.39. The lowest BCUT2D eigenvalue weighted by Crippen LogP contribution is -2.41. The van der Waals surface area contributed by atoms with Crippen LogP contribution in [0.2, 0.25) is 0 Å². The van der Waals surface area contributed by atoms with Gasteiger partial charge in [-0.05, 0) is 37.6 Å². The van der Waals surface area contributed by atoms with Crippen LogP contribution in [-0.2, 0) is 9.53 Å². The number of carbonyl (C=O) groups excluding carboxylic acids is 1. The lowest BCUT2D eigenvalue weighted by molar-refractivity contribution is -0.141. The number of hydrogen-bond acceptors (Lipinski definition) is 4. The van der Waals surface area contributed by atoms with E-state index in [1.165, 1.54) is 39.5 Å². The second-order valence-corrected chi connectivity index (χ2v) is 6.86. The Morgan fingerprint density at radius 1 is 1.28 bits per heavy atom. The Kier molecular flexibility index (Phi) is 7.75. The van der Waals surface area contributed by atoms with Crippen LogP contribution in [0.4, 0.5) is 0 Å². The summed E-state index contributed by atoms with van der Waals surface area (Å²) in [6.07, 6.45) is 5.46. The highest BCUT2D eigenvalue weighted by atomic mass is 32.2. The Bertz CT molecular complexity index is 240. The van der Waals surface area contributed by atoms with E-state index in [-0.39, 0.29) is 5.97 Å². The Morgan fingerprint density at radius 3 is 2.50 bits per heavy atom. The lowest BCUT2D eigenvalue weighted by Gasteiger charge is -2.34. The molecular weight excluding hydrogens is 246 g/mol. The number of hydrogen-bond donors (Lipinski definition) is 0. The molecule has 18 heavy (non-hydrogen) atoms. The average molecular weight is 273 g/mol. The molecule has 0 aromatic rings. The summed E-state index contributed by atoms with van der Waals surface area (Å²) < 4.78 is 4.75. The van der Waals surface area contributed by atoms with Gasteiger partial charge in [-0.3, -0.25) is 9.69 Å². The molecule has 1 aliphatic heterocycles. The summed E-state index contributed by atoms with van der Waals surface area (Å²) in [6.45, 7) is 6.87. The topological polar surface area (TPSA) is 29.5 Å². The highest BCUT2D eigenvalue weighted by molar-refractivity contribution is 7.99. The number of ether oxygens (including phenoxy) is 1. The van der Waals surface area contributed by atoms with E-state index in [0.29, 0.717) is 17.7 Å². The SMILES string of the molecule is COC(=O)CCC(CSC(C)C)N1CCCCC1. The van der Waals surface area contributed by atoms with Gasteiger partial charge in [-0.15, -0.1) is 0 Å². The second-order valence-electron chi connectivity index (χ2n) is 5.25. The smallest absolute Gasteiger partial charge is 0.305 e. The molecule has 4 heteroatoms. The van der Waals surface area contributed by atoms with Crippen molar-refractivity contribution < 1.29 is 9.53 Å². The molecule has 0 aromatic heterocycles. The van der Waals surface area contributed by atoms with Crippen LogP contribution in [0.25, 0.3) is 0 Å². The maximum Gasteiger partial charge on any atom is 0.305 e. The van der Waals surface area contributed by atoms with Crippen molar-refractivity contribution in [2.24, 2.45) is 0 Å². The van der Waals surface area contributed by atoms with Gasteiger partial charge in [0.15, 0.2) is 0 Å². The Morgan fingerprint density at radius 2 is 1.94 bits per heavy atom. The molecule has 1 heterocycles. The largest absolute Gasteiger partial charge is 0.469 e. The molecule has 3 nitrogen and oxygen atoms in total. The van der Waals surface area contributed by atoms with Crippen LogP contribution >= 0.6 is 11.8 Å². The minimum absolute atomic E-state index is 0.0773. The van der Waals surface area contributed by atoms with Gasteiger partial charge < -0.3 is 4.74 Å². The molecule has 0 aromatic carbocycles. The fourth-order valence-electron chi connectivity index (χ4n) is 2.34. The van der Waals surface area contributed by atoms with Gasteiger partial charge in [0, 0.05) is 18.2 Å². The number of carbonyl (C=O) groups is 1. The summed E-state index contributed by atoms with van der Waals surface area (Å²) in [7, 11) is 1.47. The van der Waals surface area contributed by atoms with Gasteiger partial charge in [0.2, 0.25) is 0 Å². The number of likely N-dealkylation sites (tertiary alicyclic amines) is 1. The molecule has 0 bridgehead atoms. The van der Waals surface area contributed by atoms with Crippen molar-refractivity contribution in [1.29, 1.82) is 0 Å². The third-order valence-corrected chi connectivity index (χ3v) is 4.68. The normalized spacial score (nSPS) is 18.9. The van der Waals surface area contributed by atoms with Gasteiger partial charge in [-0.1, -0.05) is 20.3 Å². The van der Waals surface area contributed by atoms with E-state index in [1.54, 1.807) is 0 Å². The van der Waals surface area contributed by atoms with Crippen LogP contribution in [0.1, 0.15) is 46.0 Å². The van der Waals surface area contributed by atoms with Crippen LogP contribution in [0, 0.1) is 0 Å². The third-order valence-electron chi connectivity index (χ3n) is 3.44. The van der Waals surface area contributed by atoms with E-state index in [9.17, 15) is 4.79 Å². The minimum atomic E-state index is -0.0773. The second kappa shape index (κ2) is 8.81. The summed E-state index contributed by atoms with van der Waals surface area (Å²) in [5, 5.41) is 0.662. The summed E-state index contributed by atoms with van der Waals surface area (Å²) in [6, 6.07) is 0.539. The van der Waals surface area contributed by atoms with Crippen molar-refractivity contribution in [2.45, 2.75) is 57.2 Å². The number of esters is 1. The summed E-state index contributed by atoms with van der Waals surface area (Å²) in [5.41, 5.74) is 0. The minimum Gasteiger partial charge on any atom is -0.469 e. The molecule has 0 radical (unpaired) electrons. The molecule has 1 unspecified atom stereocenters. The zero-order valence-electron chi connectivity index (χ0n) is 12.0. The van der Waals surface area contributed by atoms with E-state index >= 15 is 0 Å². The zero-order chi connectivity index (χ0) is 13.4. The van der Waals surface area contributed by atoms with E-state index in [4.69, 9.17) is 4.74 Å². The molecule has 1 rings (SSSR count). The molecule has 0 spiro atoms. The van der Waals surface area contributed by atoms with Crippen LogP contribution < -0.4 is 0 Å². The highest BCUT2D eigenvalue weighted by Gasteiger charge is 2.21. The van der Waals surface area contributed by atoms with E-state index in [1.807, 2.05) is 11.8 Å². The molecular formula is C14H27NO2S. The monoisotopic (exact) mass is 273 g/mol. The van der Waals surface area contributed by atoms with Crippen molar-refractivity contribution in [3.8, 4) is 0 Å². The van der Waals surface area contributed by atoms with Gasteiger partial charge >= 0.3 is 5.97 Å². The molecule has 0 aliphatic carbocycles. The van der Waals surface area contributed by atoms with E-state index in [0.717, 1.165) is 12.2 Å². The Balaban J connectivity index is 2.42. The summed E-state index contributed by atoms with van der Waals surface area (Å²) >= 11 is 2.00. The first-order valence-electron chi connectivity index (χ1n) is 7.06. The number of methoxy groups -OCH3 is 1. The zero-order valence-corrected chi connectivity index (χ0v) is 12.8. The molecule has 0 N–H and O–H groups in total. The standard InChI is InChI=1S/C14H27NO2S/c1-12(2)18-11-13(7-8-14(16)17-3)15-9-5-4-6-10-15/h12-13H,4-11H2,1-3H3. The first-order valence-corrected chi connectivity index (χ1v) is 8.11.